The number of carbonyl (C=O) groups is 2. The third-order valence-corrected chi connectivity index (χ3v) is 3.03. The quantitative estimate of drug-likeness (QED) is 0.421. The lowest BCUT2D eigenvalue weighted by Gasteiger charge is -2.24. The van der Waals surface area contributed by atoms with Crippen LogP contribution >= 0.6 is 11.6 Å². The Bertz CT molecular complexity index is 654. The van der Waals surface area contributed by atoms with Crippen molar-refractivity contribution in [2.45, 2.75) is 24.6 Å². The average Bonchev–Trinajstić information content (AvgIpc) is 2.53. The van der Waals surface area contributed by atoms with Crippen LogP contribution in [0, 0.1) is 0 Å². The third-order valence-electron chi connectivity index (χ3n) is 2.63. The molecule has 1 rings (SSSR count). The maximum absolute atomic E-state index is 13.0. The number of hydrogen-bond donors (Lipinski definition) is 0. The SMILES string of the molecule is CCOC(=O)c1ccc(OC(Cl)(C(=O)OC)C(F)F)nc1C(F)(F)F. The van der Waals surface area contributed by atoms with Gasteiger partial charge in [0.15, 0.2) is 5.69 Å². The molecule has 0 bridgehead atoms. The summed E-state index contributed by atoms with van der Waals surface area (Å²) in [4.78, 5) is 25.8. The van der Waals surface area contributed by atoms with Crippen LogP contribution in [0.3, 0.4) is 0 Å². The maximum atomic E-state index is 13.0. The zero-order valence-electron chi connectivity index (χ0n) is 12.7. The van der Waals surface area contributed by atoms with Gasteiger partial charge >= 0.3 is 29.6 Å². The maximum Gasteiger partial charge on any atom is 0.434 e. The first-order valence-electron chi connectivity index (χ1n) is 6.47. The summed E-state index contributed by atoms with van der Waals surface area (Å²) in [5, 5.41) is -3.41. The van der Waals surface area contributed by atoms with Crippen molar-refractivity contribution in [2.75, 3.05) is 13.7 Å². The molecular formula is C13H11ClF5NO5. The van der Waals surface area contributed by atoms with Crippen LogP contribution in [-0.2, 0) is 20.4 Å². The van der Waals surface area contributed by atoms with Crippen molar-refractivity contribution in [3.05, 3.63) is 23.4 Å². The minimum Gasteiger partial charge on any atom is -0.465 e. The molecule has 0 radical (unpaired) electrons. The van der Waals surface area contributed by atoms with Crippen molar-refractivity contribution >= 4 is 23.5 Å². The van der Waals surface area contributed by atoms with E-state index < -0.39 is 46.7 Å². The number of methoxy groups -OCH3 is 1. The monoisotopic (exact) mass is 391 g/mol. The fraction of sp³-hybridized carbons (Fsp3) is 0.462. The Balaban J connectivity index is 3.35. The molecule has 140 valence electrons. The van der Waals surface area contributed by atoms with Gasteiger partial charge in [-0.3, -0.25) is 0 Å². The van der Waals surface area contributed by atoms with Crippen molar-refractivity contribution in [3.8, 4) is 5.88 Å². The summed E-state index contributed by atoms with van der Waals surface area (Å²) in [5.74, 6) is -4.14. The zero-order chi connectivity index (χ0) is 19.4. The van der Waals surface area contributed by atoms with Crippen molar-refractivity contribution in [1.82, 2.24) is 4.98 Å². The summed E-state index contributed by atoms with van der Waals surface area (Å²) in [7, 11) is 0.726. The van der Waals surface area contributed by atoms with E-state index in [1.807, 2.05) is 0 Å². The van der Waals surface area contributed by atoms with Crippen LogP contribution in [0.5, 0.6) is 5.88 Å². The molecule has 0 N–H and O–H groups in total. The van der Waals surface area contributed by atoms with Gasteiger partial charge in [-0.2, -0.15) is 13.2 Å². The molecule has 1 atom stereocenters. The zero-order valence-corrected chi connectivity index (χ0v) is 13.5. The van der Waals surface area contributed by atoms with Gasteiger partial charge in [0.2, 0.25) is 5.88 Å². The molecule has 1 aromatic heterocycles. The van der Waals surface area contributed by atoms with Crippen molar-refractivity contribution < 1.29 is 45.8 Å². The standard InChI is InChI=1S/C13H11ClF5NO5/c1-3-24-9(21)6-4-5-7(20-8(6)13(17,18)19)25-12(14,10(15)16)11(22)23-2/h4-5,10H,3H2,1-2H3. The molecule has 0 saturated heterocycles. The van der Waals surface area contributed by atoms with E-state index in [2.05, 4.69) is 19.2 Å². The molecule has 1 aromatic rings. The third kappa shape index (κ3) is 4.68. The van der Waals surface area contributed by atoms with E-state index in [1.165, 1.54) is 6.92 Å². The topological polar surface area (TPSA) is 74.7 Å². The number of ether oxygens (including phenoxy) is 3. The van der Waals surface area contributed by atoms with Gasteiger partial charge in [0.1, 0.15) is 0 Å². The number of alkyl halides is 6. The number of halogens is 6. The minimum atomic E-state index is -5.13. The molecule has 0 amide bonds. The van der Waals surface area contributed by atoms with E-state index in [-0.39, 0.29) is 6.61 Å². The molecule has 0 aliphatic carbocycles. The van der Waals surface area contributed by atoms with Gasteiger partial charge in [-0.15, -0.1) is 0 Å². The summed E-state index contributed by atoms with van der Waals surface area (Å²) < 4.78 is 78.0. The number of hydrogen-bond acceptors (Lipinski definition) is 6. The Labute approximate surface area is 142 Å². The summed E-state index contributed by atoms with van der Waals surface area (Å²) in [6.45, 7) is 1.17. The lowest BCUT2D eigenvalue weighted by molar-refractivity contribution is -0.162. The molecule has 0 fully saturated rings. The van der Waals surface area contributed by atoms with Crippen LogP contribution in [-0.4, -0.2) is 42.1 Å². The van der Waals surface area contributed by atoms with E-state index in [0.29, 0.717) is 12.1 Å². The molecular weight excluding hydrogens is 381 g/mol. The van der Waals surface area contributed by atoms with Crippen molar-refractivity contribution in [3.63, 3.8) is 0 Å². The summed E-state index contributed by atoms with van der Waals surface area (Å²) >= 11 is 5.32. The van der Waals surface area contributed by atoms with E-state index in [1.54, 1.807) is 0 Å². The second-order valence-electron chi connectivity index (χ2n) is 4.30. The normalized spacial score (nSPS) is 14.0. The first-order valence-corrected chi connectivity index (χ1v) is 6.85. The van der Waals surface area contributed by atoms with Crippen LogP contribution in [0.2, 0.25) is 0 Å². The fourth-order valence-electron chi connectivity index (χ4n) is 1.55. The second kappa shape index (κ2) is 7.81. The molecule has 0 aliphatic heterocycles. The largest absolute Gasteiger partial charge is 0.465 e. The summed E-state index contributed by atoms with van der Waals surface area (Å²) in [5.41, 5.74) is -2.71. The molecule has 0 aromatic carbocycles. The number of esters is 2. The number of nitrogens with zero attached hydrogens (tertiary/aromatic N) is 1. The molecule has 25 heavy (non-hydrogen) atoms. The van der Waals surface area contributed by atoms with E-state index >= 15 is 0 Å². The number of aromatic nitrogens is 1. The number of carbonyl (C=O) groups excluding carboxylic acids is 2. The first-order chi connectivity index (χ1) is 11.5. The van der Waals surface area contributed by atoms with Crippen molar-refractivity contribution in [2.24, 2.45) is 0 Å². The van der Waals surface area contributed by atoms with Gasteiger partial charge in [-0.1, -0.05) is 11.6 Å². The molecule has 0 saturated carbocycles. The van der Waals surface area contributed by atoms with Crippen molar-refractivity contribution in [1.29, 1.82) is 0 Å². The molecule has 1 unspecified atom stereocenters. The van der Waals surface area contributed by atoms with Gasteiger partial charge in [0.25, 0.3) is 0 Å². The lowest BCUT2D eigenvalue weighted by Crippen LogP contribution is -2.46. The Kier molecular flexibility index (Phi) is 6.52. The van der Waals surface area contributed by atoms with Crippen LogP contribution in [0.4, 0.5) is 22.0 Å². The molecule has 0 spiro atoms. The van der Waals surface area contributed by atoms with Gasteiger partial charge in [-0.05, 0) is 13.0 Å². The Hall–Kier alpha value is -2.17. The summed E-state index contributed by atoms with van der Waals surface area (Å²) in [6, 6.07) is 1.26. The molecule has 1 heterocycles. The van der Waals surface area contributed by atoms with E-state index in [9.17, 15) is 31.5 Å². The van der Waals surface area contributed by atoms with E-state index in [0.717, 1.165) is 7.11 Å². The number of pyridine rings is 1. The van der Waals surface area contributed by atoms with Crippen LogP contribution in [0.25, 0.3) is 0 Å². The average molecular weight is 392 g/mol. The van der Waals surface area contributed by atoms with Gasteiger partial charge in [0.05, 0.1) is 19.3 Å². The highest BCUT2D eigenvalue weighted by Gasteiger charge is 2.51. The van der Waals surface area contributed by atoms with Gasteiger partial charge in [-0.25, -0.2) is 23.4 Å². The second-order valence-corrected chi connectivity index (χ2v) is 4.86. The Morgan fingerprint density at radius 1 is 1.28 bits per heavy atom. The molecule has 6 nitrogen and oxygen atoms in total. The van der Waals surface area contributed by atoms with Crippen LogP contribution < -0.4 is 4.74 Å². The highest BCUT2D eigenvalue weighted by molar-refractivity contribution is 6.33. The predicted octanol–water partition coefficient (Wildman–Crippen LogP) is 3.03. The minimum absolute atomic E-state index is 0.201. The molecule has 12 heteroatoms. The smallest absolute Gasteiger partial charge is 0.434 e. The van der Waals surface area contributed by atoms with E-state index in [4.69, 9.17) is 11.6 Å². The Morgan fingerprint density at radius 3 is 2.32 bits per heavy atom. The first kappa shape index (κ1) is 20.9. The van der Waals surface area contributed by atoms with Crippen LogP contribution in [0.1, 0.15) is 23.0 Å². The molecule has 0 aliphatic rings. The lowest BCUT2D eigenvalue weighted by atomic mass is 10.2. The van der Waals surface area contributed by atoms with Gasteiger partial charge in [0, 0.05) is 6.07 Å². The Morgan fingerprint density at radius 2 is 1.88 bits per heavy atom. The number of rotatable bonds is 6. The van der Waals surface area contributed by atoms with Gasteiger partial charge < -0.3 is 14.2 Å². The fourth-order valence-corrected chi connectivity index (χ4v) is 1.71. The predicted molar refractivity (Wildman–Crippen MR) is 72.4 cm³/mol. The summed E-state index contributed by atoms with van der Waals surface area (Å²) in [6.07, 6.45) is -8.78. The highest BCUT2D eigenvalue weighted by atomic mass is 35.5. The highest BCUT2D eigenvalue weighted by Crippen LogP contribution is 2.34. The van der Waals surface area contributed by atoms with Crippen LogP contribution in [0.15, 0.2) is 12.1 Å².